The highest BCUT2D eigenvalue weighted by molar-refractivity contribution is 6.42. The molecule has 2 aliphatic carbocycles. The summed E-state index contributed by atoms with van der Waals surface area (Å²) in [4.78, 5) is 65.7. The van der Waals surface area contributed by atoms with E-state index < -0.39 is 40.2 Å². The van der Waals surface area contributed by atoms with Crippen LogP contribution in [0.4, 0.5) is 0 Å². The lowest BCUT2D eigenvalue weighted by Gasteiger charge is -2.28. The average molecular weight is 387 g/mol. The molecule has 29 heavy (non-hydrogen) atoms. The van der Waals surface area contributed by atoms with Crippen molar-refractivity contribution in [2.75, 3.05) is 7.11 Å². The van der Waals surface area contributed by atoms with E-state index in [1.54, 1.807) is 24.3 Å². The van der Waals surface area contributed by atoms with E-state index in [1.807, 2.05) is 0 Å². The molecule has 1 heterocycles. The number of carbonyl (C=O) groups is 5. The summed E-state index contributed by atoms with van der Waals surface area (Å²) in [5, 5.41) is 2.71. The summed E-state index contributed by atoms with van der Waals surface area (Å²) >= 11 is 0. The third kappa shape index (κ3) is 1.83. The van der Waals surface area contributed by atoms with E-state index in [0.717, 1.165) is 13.2 Å². The quantitative estimate of drug-likeness (QED) is 0.581. The highest BCUT2D eigenvalue weighted by atomic mass is 16.5. The smallest absolute Gasteiger partial charge is 0.336 e. The second-order valence-corrected chi connectivity index (χ2v) is 7.14. The van der Waals surface area contributed by atoms with Crippen molar-refractivity contribution in [3.63, 3.8) is 0 Å². The van der Waals surface area contributed by atoms with Gasteiger partial charge in [-0.05, 0) is 6.08 Å². The van der Waals surface area contributed by atoms with Gasteiger partial charge in [0.1, 0.15) is 0 Å². The molecular weight excluding hydrogens is 374 g/mol. The summed E-state index contributed by atoms with van der Waals surface area (Å²) in [6.45, 7) is 0. The van der Waals surface area contributed by atoms with Crippen LogP contribution in [0.25, 0.3) is 0 Å². The number of fused-ring (bicyclic) bond motifs is 2. The van der Waals surface area contributed by atoms with E-state index in [1.165, 1.54) is 24.3 Å². The molecule has 0 unspecified atom stereocenters. The summed E-state index contributed by atoms with van der Waals surface area (Å²) in [5.74, 6) is -3.58. The Morgan fingerprint density at radius 1 is 0.759 bits per heavy atom. The van der Waals surface area contributed by atoms with Gasteiger partial charge < -0.3 is 4.74 Å². The highest BCUT2D eigenvalue weighted by Crippen LogP contribution is 2.46. The molecule has 0 fully saturated rings. The predicted octanol–water partition coefficient (Wildman–Crippen LogP) is 1.32. The number of methoxy groups -OCH3 is 1. The van der Waals surface area contributed by atoms with Gasteiger partial charge in [-0.2, -0.15) is 0 Å². The lowest BCUT2D eigenvalue weighted by Crippen LogP contribution is -2.63. The fourth-order valence-corrected chi connectivity index (χ4v) is 4.44. The Hall–Kier alpha value is -3.71. The molecule has 2 aromatic rings. The van der Waals surface area contributed by atoms with Crippen molar-refractivity contribution in [3.05, 3.63) is 82.4 Å². The van der Waals surface area contributed by atoms with Crippen molar-refractivity contribution in [3.8, 4) is 0 Å². The first-order chi connectivity index (χ1) is 13.9. The van der Waals surface area contributed by atoms with Crippen molar-refractivity contribution in [1.82, 2.24) is 5.32 Å². The molecule has 0 aromatic heterocycles. The summed E-state index contributed by atoms with van der Waals surface area (Å²) in [6.07, 6.45) is 1.09. The van der Waals surface area contributed by atoms with Crippen molar-refractivity contribution in [2.45, 2.75) is 11.1 Å². The molecule has 0 atom stereocenters. The number of carbonyl (C=O) groups excluding carboxylic acids is 5. The van der Waals surface area contributed by atoms with Crippen LogP contribution >= 0.6 is 0 Å². The van der Waals surface area contributed by atoms with Gasteiger partial charge in [0.05, 0.1) is 12.7 Å². The van der Waals surface area contributed by atoms with Crippen molar-refractivity contribution >= 4 is 29.1 Å². The largest absolute Gasteiger partial charge is 0.466 e. The summed E-state index contributed by atoms with van der Waals surface area (Å²) in [6, 6.07) is 12.3. The van der Waals surface area contributed by atoms with E-state index in [2.05, 4.69) is 5.32 Å². The Morgan fingerprint density at radius 2 is 1.17 bits per heavy atom. The maximum absolute atomic E-state index is 13.3. The maximum atomic E-state index is 13.3. The maximum Gasteiger partial charge on any atom is 0.336 e. The van der Waals surface area contributed by atoms with E-state index in [4.69, 9.17) is 4.74 Å². The van der Waals surface area contributed by atoms with Gasteiger partial charge in [-0.1, -0.05) is 48.5 Å². The number of ether oxygens (including phenoxy) is 1. The van der Waals surface area contributed by atoms with E-state index in [9.17, 15) is 24.0 Å². The molecule has 0 radical (unpaired) electrons. The van der Waals surface area contributed by atoms with Gasteiger partial charge in [-0.3, -0.25) is 24.5 Å². The average Bonchev–Trinajstić information content (AvgIpc) is 3.30. The molecule has 0 bridgehead atoms. The third-order valence-electron chi connectivity index (χ3n) is 5.78. The highest BCUT2D eigenvalue weighted by Gasteiger charge is 2.69. The van der Waals surface area contributed by atoms with Crippen molar-refractivity contribution in [1.29, 1.82) is 0 Å². The molecule has 7 nitrogen and oxygen atoms in total. The first-order valence-electron chi connectivity index (χ1n) is 8.87. The van der Waals surface area contributed by atoms with Crippen LogP contribution in [0.2, 0.25) is 0 Å². The minimum Gasteiger partial charge on any atom is -0.466 e. The molecule has 7 heteroatoms. The number of hydrogen-bond donors (Lipinski definition) is 1. The lowest BCUT2D eigenvalue weighted by atomic mass is 9.86. The second kappa shape index (κ2) is 5.42. The van der Waals surface area contributed by atoms with Crippen LogP contribution in [0.1, 0.15) is 41.4 Å². The Labute approximate surface area is 164 Å². The first-order valence-corrected chi connectivity index (χ1v) is 8.87. The van der Waals surface area contributed by atoms with Crippen molar-refractivity contribution in [2.24, 2.45) is 0 Å². The first kappa shape index (κ1) is 17.4. The number of rotatable bonds is 1. The summed E-state index contributed by atoms with van der Waals surface area (Å²) < 4.78 is 4.79. The van der Waals surface area contributed by atoms with Gasteiger partial charge in [-0.25, -0.2) is 4.79 Å². The topological polar surface area (TPSA) is 107 Å². The summed E-state index contributed by atoms with van der Waals surface area (Å²) in [5.41, 5.74) is -3.97. The molecule has 5 rings (SSSR count). The van der Waals surface area contributed by atoms with E-state index in [-0.39, 0.29) is 27.8 Å². The fraction of sp³-hybridized carbons (Fsp3) is 0.136. The van der Waals surface area contributed by atoms with Crippen LogP contribution in [0.5, 0.6) is 0 Å². The van der Waals surface area contributed by atoms with Gasteiger partial charge in [0, 0.05) is 22.3 Å². The zero-order valence-electron chi connectivity index (χ0n) is 15.1. The summed E-state index contributed by atoms with van der Waals surface area (Å²) in [7, 11) is 1.10. The molecule has 0 saturated heterocycles. The van der Waals surface area contributed by atoms with Crippen LogP contribution in [-0.4, -0.2) is 47.3 Å². The standard InChI is InChI=1S/C22H13NO6/c1-29-20(28)15-10-21(16(24)11-6-2-3-7-12(11)17(21)25)23-22(15)18(26)13-8-4-5-9-14(13)19(22)27/h2-10,23H,1H3. The van der Waals surface area contributed by atoms with Gasteiger partial charge >= 0.3 is 5.97 Å². The molecule has 0 amide bonds. The number of esters is 1. The minimum absolute atomic E-state index is 0.118. The van der Waals surface area contributed by atoms with Crippen LogP contribution in [0, 0.1) is 0 Å². The molecule has 142 valence electrons. The van der Waals surface area contributed by atoms with E-state index in [0.29, 0.717) is 0 Å². The minimum atomic E-state index is -2.18. The Bertz CT molecular complexity index is 1150. The van der Waals surface area contributed by atoms with Crippen LogP contribution in [-0.2, 0) is 9.53 Å². The molecule has 3 aliphatic rings. The molecule has 2 spiro atoms. The molecular formula is C22H13NO6. The molecule has 2 aromatic carbocycles. The fourth-order valence-electron chi connectivity index (χ4n) is 4.44. The lowest BCUT2D eigenvalue weighted by molar-refractivity contribution is -0.136. The van der Waals surface area contributed by atoms with Gasteiger partial charge in [0.2, 0.25) is 0 Å². The number of benzene rings is 2. The predicted molar refractivity (Wildman–Crippen MR) is 98.9 cm³/mol. The van der Waals surface area contributed by atoms with Gasteiger partial charge in [-0.15, -0.1) is 0 Å². The van der Waals surface area contributed by atoms with Crippen LogP contribution in [0.15, 0.2) is 60.2 Å². The SMILES string of the molecule is COC(=O)C1=CC2(NC13C(=O)c1ccccc1C3=O)C(=O)c1ccccc1C2=O. The Kier molecular flexibility index (Phi) is 3.25. The zero-order valence-corrected chi connectivity index (χ0v) is 15.1. The zero-order chi connectivity index (χ0) is 20.6. The number of hydrogen-bond acceptors (Lipinski definition) is 7. The van der Waals surface area contributed by atoms with Gasteiger partial charge in [0.15, 0.2) is 34.2 Å². The van der Waals surface area contributed by atoms with Gasteiger partial charge in [0.25, 0.3) is 0 Å². The second-order valence-electron chi connectivity index (χ2n) is 7.14. The van der Waals surface area contributed by atoms with Crippen molar-refractivity contribution < 1.29 is 28.7 Å². The molecule has 1 aliphatic heterocycles. The van der Waals surface area contributed by atoms with Crippen LogP contribution in [0.3, 0.4) is 0 Å². The molecule has 1 N–H and O–H groups in total. The number of Topliss-reactive ketones (excluding diaryl/α,β-unsaturated/α-hetero) is 4. The van der Waals surface area contributed by atoms with Crippen LogP contribution < -0.4 is 5.32 Å². The number of nitrogens with one attached hydrogen (secondary N) is 1. The molecule has 0 saturated carbocycles. The normalized spacial score (nSPS) is 20.2. The third-order valence-corrected chi connectivity index (χ3v) is 5.78. The monoisotopic (exact) mass is 387 g/mol. The number of ketones is 4. The Balaban J connectivity index is 1.76. The Morgan fingerprint density at radius 3 is 1.59 bits per heavy atom. The van der Waals surface area contributed by atoms with E-state index >= 15 is 0 Å².